The molecule has 2 atom stereocenters. The van der Waals surface area contributed by atoms with Crippen molar-refractivity contribution in [3.05, 3.63) is 35.9 Å². The summed E-state index contributed by atoms with van der Waals surface area (Å²) in [7, 11) is 45.3. The zero-order chi connectivity index (χ0) is 22.7. The molecule has 0 aliphatic carbocycles. The van der Waals surface area contributed by atoms with Crippen molar-refractivity contribution in [2.75, 3.05) is 0 Å². The highest BCUT2D eigenvalue weighted by atomic mass is 16.3. The van der Waals surface area contributed by atoms with Crippen LogP contribution in [0.15, 0.2) is 30.3 Å². The van der Waals surface area contributed by atoms with Crippen molar-refractivity contribution in [3.8, 4) is 0 Å². The van der Waals surface area contributed by atoms with Crippen molar-refractivity contribution < 1.29 is 5.11 Å². The Kier molecular flexibility index (Phi) is 25.4. The van der Waals surface area contributed by atoms with Crippen molar-refractivity contribution in [2.24, 2.45) is 0 Å². The lowest BCUT2D eigenvalue weighted by Crippen LogP contribution is -2.61. The molecule has 28 heavy (non-hydrogen) atoms. The second kappa shape index (κ2) is 21.8. The summed E-state index contributed by atoms with van der Waals surface area (Å²) in [5.41, 5.74) is 0.704. The summed E-state index contributed by atoms with van der Waals surface area (Å²) in [5.74, 6) is -0.586. The summed E-state index contributed by atoms with van der Waals surface area (Å²) >= 11 is 0. The second-order valence-electron chi connectivity index (χ2n) is 5.61. The van der Waals surface area contributed by atoms with Crippen LogP contribution in [0, 0.1) is 0 Å². The van der Waals surface area contributed by atoms with Gasteiger partial charge in [-0.05, 0) is 11.5 Å². The molecule has 1 aromatic carbocycles. The van der Waals surface area contributed by atoms with E-state index in [4.69, 9.17) is 61.9 Å². The first-order chi connectivity index (χ1) is 13.1. The smallest absolute Gasteiger partial charge is 0.116 e. The zero-order valence-electron chi connectivity index (χ0n) is 17.6. The largest absolute Gasteiger partial charge is 0.388 e. The fraction of sp³-hybridized carbons (Fsp3) is 0.500. The molecular weight excluding hydrogens is 326 g/mol. The Morgan fingerprint density at radius 2 is 1.36 bits per heavy atom. The van der Waals surface area contributed by atoms with Crippen molar-refractivity contribution >= 4 is 102 Å². The van der Waals surface area contributed by atoms with Gasteiger partial charge in [-0.3, -0.25) is 0 Å². The summed E-state index contributed by atoms with van der Waals surface area (Å²) < 4.78 is 0. The van der Waals surface area contributed by atoms with Crippen LogP contribution in [0.2, 0.25) is 13.6 Å². The molecule has 0 aliphatic rings. The molecule has 0 saturated carbocycles. The molecule has 122 valence electrons. The maximum absolute atomic E-state index is 10.4. The molecule has 0 bridgehead atoms. The van der Waals surface area contributed by atoms with Gasteiger partial charge in [0.25, 0.3) is 0 Å². The van der Waals surface area contributed by atoms with Crippen molar-refractivity contribution in [3.63, 3.8) is 0 Å². The average molecular weight is 347 g/mol. The fourth-order valence-corrected chi connectivity index (χ4v) is 1.72. The van der Waals surface area contributed by atoms with E-state index in [-0.39, 0.29) is 6.49 Å². The van der Waals surface area contributed by atoms with E-state index in [1.165, 1.54) is 14.2 Å². The standard InChI is InChI=1S/C8H9B9NO.C2H6.CH3B3.CH3B2/c9-14-15(10)8(18-17(13)16(11)12)7(19)6-4-2-1-3-5-6;1-2;1-4(2)3;1-3-2/h1-5,7-8,18-19H;1-2H3;1H3;1H3. The number of hydrogen-bond acceptors (Lipinski definition) is 2. The van der Waals surface area contributed by atoms with Gasteiger partial charge in [-0.25, -0.2) is 0 Å². The molecular formula is C12H21B14NO. The minimum atomic E-state index is -0.874. The van der Waals surface area contributed by atoms with Crippen LogP contribution < -0.4 is 5.23 Å². The predicted octanol–water partition coefficient (Wildman–Crippen LogP) is -2.49. The molecule has 0 aliphatic heterocycles. The highest BCUT2D eigenvalue weighted by molar-refractivity contribution is 7.66. The lowest BCUT2D eigenvalue weighted by molar-refractivity contribution is 0.167. The second-order valence-corrected chi connectivity index (χ2v) is 5.61. The number of benzene rings is 1. The molecule has 2 N–H and O–H groups in total. The SMILES string of the molecule is CC.[B]B([B])C.[B][B]B([B])C(NB([B])B([B])[B])C(O)c1ccccc1.[B][B]C. The zero-order valence-corrected chi connectivity index (χ0v) is 17.6. The molecule has 16 heteroatoms. The number of nitrogens with one attached hydrogen (secondary N) is 1. The van der Waals surface area contributed by atoms with E-state index >= 15 is 0 Å². The van der Waals surface area contributed by atoms with Crippen molar-refractivity contribution in [1.29, 1.82) is 0 Å². The number of aliphatic hydroxyl groups is 1. The Morgan fingerprint density at radius 1 is 0.964 bits per heavy atom. The molecule has 0 amide bonds. The number of hydrogen-bond donors (Lipinski definition) is 2. The molecule has 0 spiro atoms. The first kappa shape index (κ1) is 32.7. The van der Waals surface area contributed by atoms with Crippen LogP contribution in [-0.2, 0) is 0 Å². The summed E-state index contributed by atoms with van der Waals surface area (Å²) in [5, 5.41) is 13.3. The van der Waals surface area contributed by atoms with Crippen LogP contribution >= 0.6 is 0 Å². The molecule has 0 saturated heterocycles. The number of aliphatic hydroxyl groups excluding tert-OH is 1. The quantitative estimate of drug-likeness (QED) is 0.536. The van der Waals surface area contributed by atoms with Gasteiger partial charge >= 0.3 is 0 Å². The minimum absolute atomic E-state index is 0.167. The lowest BCUT2D eigenvalue weighted by Gasteiger charge is -2.32. The lowest BCUT2D eigenvalue weighted by atomic mass is 8.90. The van der Waals surface area contributed by atoms with Crippen molar-refractivity contribution in [1.82, 2.24) is 5.23 Å². The summed E-state index contributed by atoms with van der Waals surface area (Å²) in [6, 6.07) is 9.08. The first-order valence-electron chi connectivity index (χ1n) is 9.19. The van der Waals surface area contributed by atoms with E-state index in [1.54, 1.807) is 25.8 Å². The molecule has 0 fully saturated rings. The Bertz CT molecular complexity index is 425. The van der Waals surface area contributed by atoms with Crippen LogP contribution in [0.3, 0.4) is 0 Å². The van der Waals surface area contributed by atoms with Crippen molar-refractivity contribution in [2.45, 2.75) is 39.5 Å². The Hall–Kier alpha value is 0.0491. The molecule has 0 heterocycles. The molecule has 18 radical (unpaired) electrons. The van der Waals surface area contributed by atoms with E-state index in [0.29, 0.717) is 5.56 Å². The van der Waals surface area contributed by atoms with Gasteiger partial charge in [-0.2, -0.15) is 0 Å². The van der Waals surface area contributed by atoms with E-state index in [9.17, 15) is 5.11 Å². The Labute approximate surface area is 187 Å². The maximum Gasteiger partial charge on any atom is 0.116 e. The van der Waals surface area contributed by atoms with Gasteiger partial charge in [0.2, 0.25) is 0 Å². The highest BCUT2D eigenvalue weighted by Gasteiger charge is 2.28. The topological polar surface area (TPSA) is 32.3 Å². The minimum Gasteiger partial charge on any atom is -0.388 e. The van der Waals surface area contributed by atoms with Crippen LogP contribution in [0.1, 0.15) is 25.5 Å². The van der Waals surface area contributed by atoms with Crippen LogP contribution in [0.4, 0.5) is 0 Å². The van der Waals surface area contributed by atoms with Gasteiger partial charge in [-0.1, -0.05) is 44.2 Å². The van der Waals surface area contributed by atoms with E-state index in [2.05, 4.69) is 5.23 Å². The Morgan fingerprint density at radius 3 is 1.68 bits per heavy atom. The predicted molar refractivity (Wildman–Crippen MR) is 142 cm³/mol. The monoisotopic (exact) mass is 349 g/mol. The summed E-state index contributed by atoms with van der Waals surface area (Å²) in [6.45, 7) is 6.04. The summed E-state index contributed by atoms with van der Waals surface area (Å²) in [4.78, 5) is 0. The van der Waals surface area contributed by atoms with Gasteiger partial charge in [0.05, 0.1) is 19.8 Å². The third-order valence-corrected chi connectivity index (χ3v) is 2.92. The normalized spacial score (nSPS) is 10.6. The van der Waals surface area contributed by atoms with Crippen LogP contribution in [0.25, 0.3) is 0 Å². The molecule has 1 rings (SSSR count). The molecule has 2 nitrogen and oxygen atoms in total. The van der Waals surface area contributed by atoms with Gasteiger partial charge in [0.15, 0.2) is 0 Å². The third kappa shape index (κ3) is 18.1. The van der Waals surface area contributed by atoms with E-state index in [1.807, 2.05) is 32.0 Å². The van der Waals surface area contributed by atoms with Gasteiger partial charge in [-0.15, -0.1) is 13.6 Å². The average Bonchev–Trinajstić information content (AvgIpc) is 2.67. The third-order valence-electron chi connectivity index (χ3n) is 2.92. The van der Waals surface area contributed by atoms with Gasteiger partial charge < -0.3 is 10.3 Å². The van der Waals surface area contributed by atoms with Gasteiger partial charge in [0, 0.05) is 81.8 Å². The Balaban J connectivity index is -0.000000589. The van der Waals surface area contributed by atoms with Crippen LogP contribution in [-0.4, -0.2) is 113 Å². The van der Waals surface area contributed by atoms with E-state index < -0.39 is 31.6 Å². The maximum atomic E-state index is 10.4. The first-order valence-corrected chi connectivity index (χ1v) is 9.19. The molecule has 2 unspecified atom stereocenters. The van der Waals surface area contributed by atoms with Crippen LogP contribution in [0.5, 0.6) is 0 Å². The summed E-state index contributed by atoms with van der Waals surface area (Å²) in [6.07, 6.45) is -1.64. The van der Waals surface area contributed by atoms with E-state index in [0.717, 1.165) is 0 Å². The molecule has 1 aromatic rings. The number of rotatable bonds is 7. The fourth-order valence-electron chi connectivity index (χ4n) is 1.72. The molecule has 0 aromatic heterocycles. The van der Waals surface area contributed by atoms with Gasteiger partial charge in [0.1, 0.15) is 6.63 Å². The highest BCUT2D eigenvalue weighted by Crippen LogP contribution is 2.17.